The van der Waals surface area contributed by atoms with Gasteiger partial charge in [-0.1, -0.05) is 97.1 Å². The molecule has 4 heterocycles. The summed E-state index contributed by atoms with van der Waals surface area (Å²) in [5.74, 6) is -5.57. The number of amides is 4. The average Bonchev–Trinajstić information content (AvgIpc) is 3.95. The molecule has 0 aromatic heterocycles. The van der Waals surface area contributed by atoms with Crippen LogP contribution >= 0.6 is 0 Å². The smallest absolute Gasteiger partial charge is 0.256 e. The van der Waals surface area contributed by atoms with Gasteiger partial charge < -0.3 is 0 Å². The topological polar surface area (TPSA) is 131 Å². The van der Waals surface area contributed by atoms with E-state index < -0.39 is 35.5 Å². The minimum Gasteiger partial charge on any atom is -0.272 e. The fourth-order valence-corrected chi connectivity index (χ4v) is 9.08. The highest BCUT2D eigenvalue weighted by molar-refractivity contribution is 6.21. The summed E-state index contributed by atoms with van der Waals surface area (Å²) in [5, 5.41) is 24.6. The molecule has 0 unspecified atom stereocenters. The first-order valence-corrected chi connectivity index (χ1v) is 20.0. The van der Waals surface area contributed by atoms with Gasteiger partial charge in [-0.05, 0) is 87.4 Å². The number of nitrogens with zero attached hydrogens (tertiary/aromatic N) is 8. The van der Waals surface area contributed by atoms with Crippen molar-refractivity contribution in [2.24, 2.45) is 44.1 Å². The summed E-state index contributed by atoms with van der Waals surface area (Å²) in [6, 6.07) is 44.6. The molecule has 0 radical (unpaired) electrons. The Hall–Kier alpha value is -7.34. The molecule has 5 aromatic carbocycles. The maximum Gasteiger partial charge on any atom is 0.256 e. The lowest BCUT2D eigenvalue weighted by Crippen LogP contribution is -2.41. The van der Waals surface area contributed by atoms with Crippen LogP contribution in [0.1, 0.15) is 50.7 Å². The molecule has 4 amide bonds. The van der Waals surface area contributed by atoms with Crippen molar-refractivity contribution < 1.29 is 19.2 Å². The van der Waals surface area contributed by atoms with Crippen molar-refractivity contribution in [1.82, 2.24) is 0 Å². The first-order chi connectivity index (χ1) is 29.1. The Balaban J connectivity index is 1.13. The molecule has 298 valence electrons. The van der Waals surface area contributed by atoms with Crippen LogP contribution in [-0.2, 0) is 19.2 Å². The molecule has 0 N–H and O–H groups in total. The maximum atomic E-state index is 14.6. The van der Waals surface area contributed by atoms with Gasteiger partial charge in [0.1, 0.15) is 0 Å². The van der Waals surface area contributed by atoms with Gasteiger partial charge in [0.25, 0.3) is 23.6 Å². The molecule has 4 aliphatic rings. The van der Waals surface area contributed by atoms with Crippen LogP contribution in [0.2, 0.25) is 0 Å². The van der Waals surface area contributed by atoms with E-state index in [1.165, 1.54) is 20.0 Å². The SMILES string of the molecule is CC1=NN(c2ccccc2)C(=O)[C@@H]1C(c1ccc(C([C@H]2C(=O)N(c3ccccc3)N=C2C)[C@H]2C(=O)N(c3ccccc3)N=C2C)cc1)[C@H]1C(=O)N(c2ccccc2)N=C1C. The van der Waals surface area contributed by atoms with Gasteiger partial charge in [-0.2, -0.15) is 20.4 Å². The second-order valence-corrected chi connectivity index (χ2v) is 15.5. The zero-order valence-corrected chi connectivity index (χ0v) is 33.5. The van der Waals surface area contributed by atoms with Crippen LogP contribution in [0, 0.1) is 23.7 Å². The first kappa shape index (κ1) is 38.2. The predicted molar refractivity (Wildman–Crippen MR) is 234 cm³/mol. The predicted octanol–water partition coefficient (Wildman–Crippen LogP) is 8.01. The van der Waals surface area contributed by atoms with Crippen molar-refractivity contribution in [3.05, 3.63) is 157 Å². The minimum atomic E-state index is -0.794. The second kappa shape index (κ2) is 15.4. The van der Waals surface area contributed by atoms with Gasteiger partial charge >= 0.3 is 0 Å². The molecule has 0 bridgehead atoms. The van der Waals surface area contributed by atoms with E-state index in [1.807, 2.05) is 173 Å². The molecule has 0 aliphatic carbocycles. The van der Waals surface area contributed by atoms with Crippen LogP contribution in [0.5, 0.6) is 0 Å². The van der Waals surface area contributed by atoms with Gasteiger partial charge in [-0.25, -0.2) is 20.0 Å². The Morgan fingerprint density at radius 1 is 0.333 bits per heavy atom. The van der Waals surface area contributed by atoms with Crippen molar-refractivity contribution >= 4 is 69.2 Å². The van der Waals surface area contributed by atoms with Gasteiger partial charge in [0.2, 0.25) is 0 Å². The second-order valence-electron chi connectivity index (χ2n) is 15.5. The molecule has 12 heteroatoms. The van der Waals surface area contributed by atoms with Crippen LogP contribution in [0.4, 0.5) is 22.7 Å². The number of hydrogen-bond donors (Lipinski definition) is 0. The van der Waals surface area contributed by atoms with Crippen LogP contribution < -0.4 is 20.0 Å². The molecule has 60 heavy (non-hydrogen) atoms. The third-order valence-corrected chi connectivity index (χ3v) is 11.9. The fraction of sp³-hybridized carbons (Fsp3) is 0.208. The summed E-state index contributed by atoms with van der Waals surface area (Å²) in [6.45, 7) is 7.29. The van der Waals surface area contributed by atoms with Crippen molar-refractivity contribution in [3.63, 3.8) is 0 Å². The lowest BCUT2D eigenvalue weighted by atomic mass is 9.70. The van der Waals surface area contributed by atoms with Gasteiger partial charge in [-0.3, -0.25) is 19.2 Å². The quantitative estimate of drug-likeness (QED) is 0.142. The summed E-state index contributed by atoms with van der Waals surface area (Å²) in [7, 11) is 0. The van der Waals surface area contributed by atoms with E-state index in [2.05, 4.69) is 0 Å². The van der Waals surface area contributed by atoms with Gasteiger partial charge in [0.15, 0.2) is 0 Å². The van der Waals surface area contributed by atoms with Gasteiger partial charge in [-0.15, -0.1) is 0 Å². The van der Waals surface area contributed by atoms with Crippen LogP contribution in [0.15, 0.2) is 166 Å². The summed E-state index contributed by atoms with van der Waals surface area (Å²) in [4.78, 5) is 58.2. The summed E-state index contributed by atoms with van der Waals surface area (Å²) >= 11 is 0. The largest absolute Gasteiger partial charge is 0.272 e. The van der Waals surface area contributed by atoms with E-state index in [4.69, 9.17) is 20.4 Å². The van der Waals surface area contributed by atoms with Crippen molar-refractivity contribution in [2.75, 3.05) is 20.0 Å². The molecular formula is C48H42N8O4. The van der Waals surface area contributed by atoms with Crippen molar-refractivity contribution in [3.8, 4) is 0 Å². The van der Waals surface area contributed by atoms with Gasteiger partial charge in [0.05, 0.1) is 46.4 Å². The minimum absolute atomic E-state index is 0.252. The molecule has 5 aromatic rings. The fourth-order valence-electron chi connectivity index (χ4n) is 9.08. The highest BCUT2D eigenvalue weighted by Crippen LogP contribution is 2.46. The molecule has 4 atom stereocenters. The molecule has 0 spiro atoms. The zero-order valence-electron chi connectivity index (χ0n) is 33.5. The Bertz CT molecular complexity index is 2270. The van der Waals surface area contributed by atoms with E-state index in [0.717, 1.165) is 0 Å². The Labute approximate surface area is 347 Å². The maximum absolute atomic E-state index is 14.6. The molecule has 4 aliphatic heterocycles. The number of carbonyl (C=O) groups excluding carboxylic acids is 4. The molecule has 0 saturated carbocycles. The first-order valence-electron chi connectivity index (χ1n) is 20.0. The van der Waals surface area contributed by atoms with E-state index in [1.54, 1.807) is 0 Å². The molecule has 9 rings (SSSR count). The monoisotopic (exact) mass is 794 g/mol. The lowest BCUT2D eigenvalue weighted by molar-refractivity contribution is -0.124. The highest BCUT2D eigenvalue weighted by atomic mass is 16.2. The highest BCUT2D eigenvalue weighted by Gasteiger charge is 2.52. The van der Waals surface area contributed by atoms with E-state index in [9.17, 15) is 19.2 Å². The normalized spacial score (nSPS) is 21.7. The molecule has 12 nitrogen and oxygen atoms in total. The summed E-state index contributed by atoms with van der Waals surface area (Å²) in [5.41, 5.74) is 6.22. The van der Waals surface area contributed by atoms with Gasteiger partial charge in [0, 0.05) is 34.7 Å². The third-order valence-electron chi connectivity index (χ3n) is 11.9. The number of hydrazone groups is 4. The molecule has 0 fully saturated rings. The van der Waals surface area contributed by atoms with Crippen LogP contribution in [-0.4, -0.2) is 46.5 Å². The zero-order chi connectivity index (χ0) is 41.7. The number of benzene rings is 5. The summed E-state index contributed by atoms with van der Waals surface area (Å²) < 4.78 is 0. The van der Waals surface area contributed by atoms with Crippen LogP contribution in [0.25, 0.3) is 0 Å². The Morgan fingerprint density at radius 3 is 0.733 bits per heavy atom. The van der Waals surface area contributed by atoms with E-state index in [-0.39, 0.29) is 23.6 Å². The number of anilines is 4. The summed E-state index contributed by atoms with van der Waals surface area (Å²) in [6.07, 6.45) is 0. The number of rotatable bonds is 10. The van der Waals surface area contributed by atoms with E-state index >= 15 is 0 Å². The lowest BCUT2D eigenvalue weighted by Gasteiger charge is -2.31. The standard InChI is InChI=1S/C48H42N8O4/c1-29-39(45(57)53(49-29)35-17-9-5-10-18-35)43(40-30(2)50-54(46(40)58)36-19-11-6-12-20-36)33-25-27-34(28-26-33)44(41-31(3)51-55(47(41)59)37-21-13-7-14-22-37)42-32(4)52-56(48(42)60)38-23-15-8-16-24-38/h5-28,39-44H,1-4H3/t39-,40-,41-,42-/m0/s1. The van der Waals surface area contributed by atoms with Crippen molar-refractivity contribution in [1.29, 1.82) is 0 Å². The molecule has 0 saturated heterocycles. The Kier molecular flexibility index (Phi) is 9.83. The molecular weight excluding hydrogens is 753 g/mol. The number of carbonyl (C=O) groups is 4. The average molecular weight is 795 g/mol. The van der Waals surface area contributed by atoms with E-state index in [0.29, 0.717) is 56.7 Å². The number of para-hydroxylation sites is 4. The third kappa shape index (κ3) is 6.50. The Morgan fingerprint density at radius 2 is 0.533 bits per heavy atom. The number of hydrogen-bond acceptors (Lipinski definition) is 8. The van der Waals surface area contributed by atoms with Crippen LogP contribution in [0.3, 0.4) is 0 Å². The van der Waals surface area contributed by atoms with Crippen molar-refractivity contribution in [2.45, 2.75) is 39.5 Å².